The maximum atomic E-state index is 13.8. The Labute approximate surface area is 137 Å². The van der Waals surface area contributed by atoms with Crippen LogP contribution in [-0.4, -0.2) is 33.7 Å². The third-order valence-electron chi connectivity index (χ3n) is 3.31. The van der Waals surface area contributed by atoms with Gasteiger partial charge in [-0.2, -0.15) is 0 Å². The molecule has 0 saturated carbocycles. The van der Waals surface area contributed by atoms with Gasteiger partial charge >= 0.3 is 5.97 Å². The number of aromatic carboxylic acids is 1. The highest BCUT2D eigenvalue weighted by Crippen LogP contribution is 2.28. The summed E-state index contributed by atoms with van der Waals surface area (Å²) in [6.45, 7) is 0. The van der Waals surface area contributed by atoms with Gasteiger partial charge in [0.05, 0.1) is 17.7 Å². The Morgan fingerprint density at radius 3 is 2.38 bits per heavy atom. The topological polar surface area (TPSA) is 83.9 Å². The zero-order chi connectivity index (χ0) is 18.1. The number of carboxylic acid groups (broad SMARTS) is 1. The number of hydrogen-bond acceptors (Lipinski definition) is 4. The maximum Gasteiger partial charge on any atom is 0.339 e. The van der Waals surface area contributed by atoms with Gasteiger partial charge in [0.2, 0.25) is 0 Å². The highest BCUT2D eigenvalue weighted by Gasteiger charge is 2.26. The summed E-state index contributed by atoms with van der Waals surface area (Å²) in [6, 6.07) is 5.68. The van der Waals surface area contributed by atoms with E-state index in [1.807, 2.05) is 0 Å². The van der Waals surface area contributed by atoms with Crippen LogP contribution in [0.5, 0.6) is 5.75 Å². The molecule has 9 heteroatoms. The molecular formula is C15H13F2NO5S. The monoisotopic (exact) mass is 357 g/mol. The van der Waals surface area contributed by atoms with Gasteiger partial charge < -0.3 is 9.84 Å². The second-order valence-electron chi connectivity index (χ2n) is 4.74. The lowest BCUT2D eigenvalue weighted by Gasteiger charge is -2.20. The lowest BCUT2D eigenvalue weighted by Crippen LogP contribution is -2.27. The molecule has 0 radical (unpaired) electrons. The van der Waals surface area contributed by atoms with Gasteiger partial charge in [-0.3, -0.25) is 4.31 Å². The number of methoxy groups -OCH3 is 1. The van der Waals surface area contributed by atoms with E-state index in [2.05, 4.69) is 0 Å². The van der Waals surface area contributed by atoms with Crippen LogP contribution >= 0.6 is 0 Å². The number of carboxylic acids is 1. The molecular weight excluding hydrogens is 344 g/mol. The van der Waals surface area contributed by atoms with Crippen molar-refractivity contribution in [1.29, 1.82) is 0 Å². The number of halogens is 2. The lowest BCUT2D eigenvalue weighted by atomic mass is 10.2. The second kappa shape index (κ2) is 6.44. The minimum absolute atomic E-state index is 0.0166. The normalized spacial score (nSPS) is 11.2. The summed E-state index contributed by atoms with van der Waals surface area (Å²) in [5.74, 6) is -3.30. The number of sulfonamides is 1. The molecule has 0 amide bonds. The predicted molar refractivity (Wildman–Crippen MR) is 81.9 cm³/mol. The van der Waals surface area contributed by atoms with Crippen molar-refractivity contribution in [1.82, 2.24) is 0 Å². The van der Waals surface area contributed by atoms with E-state index in [1.54, 1.807) is 0 Å². The fraction of sp³-hybridized carbons (Fsp3) is 0.133. The highest BCUT2D eigenvalue weighted by atomic mass is 32.2. The molecule has 24 heavy (non-hydrogen) atoms. The third kappa shape index (κ3) is 3.16. The van der Waals surface area contributed by atoms with Crippen molar-refractivity contribution in [2.75, 3.05) is 18.5 Å². The Hall–Kier alpha value is -2.68. The average molecular weight is 357 g/mol. The first-order chi connectivity index (χ1) is 11.2. The molecule has 0 saturated heterocycles. The van der Waals surface area contributed by atoms with Gasteiger partial charge in [0, 0.05) is 13.1 Å². The van der Waals surface area contributed by atoms with E-state index >= 15 is 0 Å². The van der Waals surface area contributed by atoms with Crippen molar-refractivity contribution in [3.63, 3.8) is 0 Å². The zero-order valence-electron chi connectivity index (χ0n) is 12.7. The number of carbonyl (C=O) groups is 1. The van der Waals surface area contributed by atoms with Crippen molar-refractivity contribution < 1.29 is 31.8 Å². The van der Waals surface area contributed by atoms with Gasteiger partial charge in [-0.05, 0) is 30.3 Å². The SMILES string of the molecule is COc1ccc(S(=O)(=O)N(C)c2ccc(F)cc2F)cc1C(=O)O. The molecule has 0 aliphatic rings. The van der Waals surface area contributed by atoms with Crippen LogP contribution in [0.15, 0.2) is 41.3 Å². The first-order valence-electron chi connectivity index (χ1n) is 6.53. The fourth-order valence-corrected chi connectivity index (χ4v) is 3.27. The first kappa shape index (κ1) is 17.7. The molecule has 0 aromatic heterocycles. The summed E-state index contributed by atoms with van der Waals surface area (Å²) >= 11 is 0. The molecule has 2 aromatic rings. The number of rotatable bonds is 5. The summed E-state index contributed by atoms with van der Waals surface area (Å²) in [7, 11) is -1.93. The van der Waals surface area contributed by atoms with Crippen LogP contribution in [0.2, 0.25) is 0 Å². The van der Waals surface area contributed by atoms with Crippen molar-refractivity contribution in [2.45, 2.75) is 4.90 Å². The van der Waals surface area contributed by atoms with Crippen LogP contribution in [0, 0.1) is 11.6 Å². The molecule has 0 fully saturated rings. The van der Waals surface area contributed by atoms with Crippen LogP contribution in [0.1, 0.15) is 10.4 Å². The number of nitrogens with zero attached hydrogens (tertiary/aromatic N) is 1. The summed E-state index contributed by atoms with van der Waals surface area (Å²) < 4.78 is 57.4. The molecule has 0 unspecified atom stereocenters. The van der Waals surface area contributed by atoms with Crippen molar-refractivity contribution >= 4 is 21.7 Å². The summed E-state index contributed by atoms with van der Waals surface area (Å²) in [4.78, 5) is 10.8. The Bertz CT molecular complexity index is 899. The van der Waals surface area contributed by atoms with E-state index in [1.165, 1.54) is 13.2 Å². The maximum absolute atomic E-state index is 13.8. The molecule has 0 spiro atoms. The number of anilines is 1. The summed E-state index contributed by atoms with van der Waals surface area (Å²) in [5.41, 5.74) is -0.726. The van der Waals surface area contributed by atoms with Crippen LogP contribution in [0.25, 0.3) is 0 Å². The van der Waals surface area contributed by atoms with E-state index in [9.17, 15) is 22.0 Å². The molecule has 0 atom stereocenters. The van der Waals surface area contributed by atoms with E-state index < -0.39 is 27.6 Å². The largest absolute Gasteiger partial charge is 0.496 e. The van der Waals surface area contributed by atoms with Crippen LogP contribution in [-0.2, 0) is 10.0 Å². The Morgan fingerprint density at radius 2 is 1.83 bits per heavy atom. The zero-order valence-corrected chi connectivity index (χ0v) is 13.5. The van der Waals surface area contributed by atoms with E-state index in [0.717, 1.165) is 31.3 Å². The quantitative estimate of drug-likeness (QED) is 0.889. The van der Waals surface area contributed by atoms with Gasteiger partial charge in [-0.25, -0.2) is 22.0 Å². The minimum Gasteiger partial charge on any atom is -0.496 e. The standard InChI is InChI=1S/C15H13F2NO5S/c1-18(13-5-3-9(16)7-12(13)17)24(21,22)10-4-6-14(23-2)11(8-10)15(19)20/h3-8H,1-2H3,(H,19,20). The molecule has 128 valence electrons. The molecule has 1 N–H and O–H groups in total. The van der Waals surface area contributed by atoms with Crippen LogP contribution in [0.4, 0.5) is 14.5 Å². The number of ether oxygens (including phenoxy) is 1. The van der Waals surface area contributed by atoms with Gasteiger partial charge in [0.15, 0.2) is 0 Å². The number of benzene rings is 2. The second-order valence-corrected chi connectivity index (χ2v) is 6.70. The van der Waals surface area contributed by atoms with Gasteiger partial charge in [-0.15, -0.1) is 0 Å². The average Bonchev–Trinajstić information content (AvgIpc) is 2.53. The van der Waals surface area contributed by atoms with Gasteiger partial charge in [0.25, 0.3) is 10.0 Å². The van der Waals surface area contributed by atoms with Crippen molar-refractivity contribution in [3.8, 4) is 5.75 Å². The fourth-order valence-electron chi connectivity index (χ4n) is 2.04. The van der Waals surface area contributed by atoms with Crippen molar-refractivity contribution in [2.24, 2.45) is 0 Å². The van der Waals surface area contributed by atoms with E-state index in [0.29, 0.717) is 10.4 Å². The van der Waals surface area contributed by atoms with Gasteiger partial charge in [0.1, 0.15) is 22.9 Å². The summed E-state index contributed by atoms with van der Waals surface area (Å²) in [6.07, 6.45) is 0. The Kier molecular flexibility index (Phi) is 4.74. The lowest BCUT2D eigenvalue weighted by molar-refractivity contribution is 0.0693. The number of hydrogen-bond donors (Lipinski definition) is 1. The van der Waals surface area contributed by atoms with E-state index in [-0.39, 0.29) is 21.9 Å². The minimum atomic E-state index is -4.26. The molecule has 0 aliphatic heterocycles. The molecule has 2 rings (SSSR count). The molecule has 0 aliphatic carbocycles. The molecule has 2 aromatic carbocycles. The molecule has 0 heterocycles. The Balaban J connectivity index is 2.54. The van der Waals surface area contributed by atoms with E-state index in [4.69, 9.17) is 9.84 Å². The predicted octanol–water partition coefficient (Wildman–Crippen LogP) is 2.50. The van der Waals surface area contributed by atoms with Crippen LogP contribution in [0.3, 0.4) is 0 Å². The third-order valence-corrected chi connectivity index (χ3v) is 5.08. The highest BCUT2D eigenvalue weighted by molar-refractivity contribution is 7.92. The van der Waals surface area contributed by atoms with Crippen molar-refractivity contribution in [3.05, 3.63) is 53.6 Å². The first-order valence-corrected chi connectivity index (χ1v) is 7.98. The summed E-state index contributed by atoms with van der Waals surface area (Å²) in [5, 5.41) is 9.13. The molecule has 6 nitrogen and oxygen atoms in total. The smallest absolute Gasteiger partial charge is 0.339 e. The van der Waals surface area contributed by atoms with Gasteiger partial charge in [-0.1, -0.05) is 0 Å². The Morgan fingerprint density at radius 1 is 1.17 bits per heavy atom. The van der Waals surface area contributed by atoms with Crippen LogP contribution < -0.4 is 9.04 Å². The molecule has 0 bridgehead atoms.